The Balaban J connectivity index is 2.12. The molecule has 1 aromatic carbocycles. The Kier molecular flexibility index (Phi) is 4.45. The third-order valence-corrected chi connectivity index (χ3v) is 2.75. The van der Waals surface area contributed by atoms with Gasteiger partial charge in [-0.1, -0.05) is 6.07 Å². The molecule has 0 aliphatic rings. The molecule has 0 atom stereocenters. The van der Waals surface area contributed by atoms with Crippen LogP contribution in [0.4, 0.5) is 5.69 Å². The Hall–Kier alpha value is -2.96. The third-order valence-electron chi connectivity index (χ3n) is 2.75. The van der Waals surface area contributed by atoms with Gasteiger partial charge in [-0.25, -0.2) is 4.79 Å². The number of nitro groups is 1. The van der Waals surface area contributed by atoms with Crippen molar-refractivity contribution in [3.8, 4) is 5.75 Å². The van der Waals surface area contributed by atoms with E-state index in [0.29, 0.717) is 6.42 Å². The lowest BCUT2D eigenvalue weighted by atomic mass is 10.2. The number of carbonyl (C=O) groups is 1. The minimum atomic E-state index is -1.20. The highest BCUT2D eigenvalue weighted by Crippen LogP contribution is 2.25. The molecule has 2 rings (SSSR count). The van der Waals surface area contributed by atoms with Crippen molar-refractivity contribution < 1.29 is 19.6 Å². The quantitative estimate of drug-likeness (QED) is 0.646. The SMILES string of the molecule is O=C(O)c1ccc([N+](=O)[O-])cc1OCCc1ccccn1. The number of rotatable bonds is 6. The summed E-state index contributed by atoms with van der Waals surface area (Å²) in [5, 5.41) is 19.8. The molecule has 0 aliphatic heterocycles. The second-order valence-electron chi connectivity index (χ2n) is 4.16. The molecule has 0 saturated carbocycles. The van der Waals surface area contributed by atoms with Gasteiger partial charge in [0.1, 0.15) is 11.3 Å². The molecule has 0 bridgehead atoms. The van der Waals surface area contributed by atoms with E-state index in [2.05, 4.69) is 4.98 Å². The van der Waals surface area contributed by atoms with E-state index in [-0.39, 0.29) is 23.6 Å². The number of nitro benzene ring substituents is 1. The summed E-state index contributed by atoms with van der Waals surface area (Å²) in [5.74, 6) is -1.22. The lowest BCUT2D eigenvalue weighted by molar-refractivity contribution is -0.384. The molecular weight excluding hydrogens is 276 g/mol. The third kappa shape index (κ3) is 3.75. The largest absolute Gasteiger partial charge is 0.492 e. The van der Waals surface area contributed by atoms with E-state index in [9.17, 15) is 14.9 Å². The highest BCUT2D eigenvalue weighted by atomic mass is 16.6. The maximum Gasteiger partial charge on any atom is 0.339 e. The molecule has 21 heavy (non-hydrogen) atoms. The summed E-state index contributed by atoms with van der Waals surface area (Å²) >= 11 is 0. The van der Waals surface area contributed by atoms with Crippen molar-refractivity contribution in [2.24, 2.45) is 0 Å². The van der Waals surface area contributed by atoms with E-state index in [4.69, 9.17) is 9.84 Å². The van der Waals surface area contributed by atoms with Gasteiger partial charge in [0.25, 0.3) is 5.69 Å². The van der Waals surface area contributed by atoms with Crippen molar-refractivity contribution in [1.82, 2.24) is 4.98 Å². The van der Waals surface area contributed by atoms with E-state index in [1.807, 2.05) is 12.1 Å². The molecule has 1 N–H and O–H groups in total. The molecule has 0 amide bonds. The van der Waals surface area contributed by atoms with Crippen LogP contribution in [0.5, 0.6) is 5.75 Å². The van der Waals surface area contributed by atoms with Gasteiger partial charge in [-0.2, -0.15) is 0 Å². The van der Waals surface area contributed by atoms with Gasteiger partial charge in [0.15, 0.2) is 0 Å². The van der Waals surface area contributed by atoms with Crippen LogP contribution in [0.25, 0.3) is 0 Å². The number of non-ortho nitro benzene ring substituents is 1. The maximum atomic E-state index is 11.1. The van der Waals surface area contributed by atoms with Crippen molar-refractivity contribution in [2.45, 2.75) is 6.42 Å². The molecule has 1 heterocycles. The van der Waals surface area contributed by atoms with Gasteiger partial charge in [0.2, 0.25) is 0 Å². The first kappa shape index (κ1) is 14.4. The predicted molar refractivity (Wildman–Crippen MR) is 73.5 cm³/mol. The van der Waals surface area contributed by atoms with Crippen LogP contribution >= 0.6 is 0 Å². The minimum absolute atomic E-state index is 0.0207. The molecule has 2 aromatic rings. The average molecular weight is 288 g/mol. The van der Waals surface area contributed by atoms with Crippen LogP contribution in [0.3, 0.4) is 0 Å². The van der Waals surface area contributed by atoms with Gasteiger partial charge in [-0.3, -0.25) is 15.1 Å². The number of aromatic nitrogens is 1. The molecule has 108 valence electrons. The Morgan fingerprint density at radius 1 is 1.33 bits per heavy atom. The lowest BCUT2D eigenvalue weighted by Crippen LogP contribution is -2.07. The molecule has 1 aromatic heterocycles. The summed E-state index contributed by atoms with van der Waals surface area (Å²) in [7, 11) is 0. The smallest absolute Gasteiger partial charge is 0.339 e. The summed E-state index contributed by atoms with van der Waals surface area (Å²) < 4.78 is 5.37. The first-order valence-electron chi connectivity index (χ1n) is 6.12. The summed E-state index contributed by atoms with van der Waals surface area (Å²) in [4.78, 5) is 25.3. The summed E-state index contributed by atoms with van der Waals surface area (Å²) in [6.45, 7) is 0.179. The van der Waals surface area contributed by atoms with Crippen LogP contribution in [-0.4, -0.2) is 27.6 Å². The molecule has 0 unspecified atom stereocenters. The van der Waals surface area contributed by atoms with Crippen molar-refractivity contribution in [3.63, 3.8) is 0 Å². The van der Waals surface area contributed by atoms with E-state index < -0.39 is 10.9 Å². The van der Waals surface area contributed by atoms with Crippen LogP contribution in [0.15, 0.2) is 42.6 Å². The average Bonchev–Trinajstić information content (AvgIpc) is 2.48. The summed E-state index contributed by atoms with van der Waals surface area (Å²) in [6.07, 6.45) is 2.12. The zero-order valence-electron chi connectivity index (χ0n) is 10.9. The number of benzene rings is 1. The Bertz CT molecular complexity index is 658. The van der Waals surface area contributed by atoms with Crippen LogP contribution in [-0.2, 0) is 6.42 Å². The fourth-order valence-electron chi connectivity index (χ4n) is 1.73. The van der Waals surface area contributed by atoms with E-state index in [1.165, 1.54) is 0 Å². The Labute approximate surface area is 120 Å². The molecule has 0 spiro atoms. The van der Waals surface area contributed by atoms with E-state index >= 15 is 0 Å². The zero-order chi connectivity index (χ0) is 15.2. The van der Waals surface area contributed by atoms with Crippen LogP contribution < -0.4 is 4.74 Å². The fourth-order valence-corrected chi connectivity index (χ4v) is 1.73. The highest BCUT2D eigenvalue weighted by Gasteiger charge is 2.16. The van der Waals surface area contributed by atoms with Crippen molar-refractivity contribution >= 4 is 11.7 Å². The first-order valence-corrected chi connectivity index (χ1v) is 6.12. The maximum absolute atomic E-state index is 11.1. The standard InChI is InChI=1S/C14H12N2O5/c17-14(18)12-5-4-11(16(19)20)9-13(12)21-8-6-10-3-1-2-7-15-10/h1-5,7,9H,6,8H2,(H,17,18). The number of pyridine rings is 1. The van der Waals surface area contributed by atoms with Gasteiger partial charge in [0.05, 0.1) is 17.6 Å². The van der Waals surface area contributed by atoms with E-state index in [0.717, 1.165) is 23.9 Å². The number of carboxylic acid groups (broad SMARTS) is 1. The monoisotopic (exact) mass is 288 g/mol. The van der Waals surface area contributed by atoms with Gasteiger partial charge in [-0.05, 0) is 18.2 Å². The lowest BCUT2D eigenvalue weighted by Gasteiger charge is -2.08. The van der Waals surface area contributed by atoms with Gasteiger partial charge in [0, 0.05) is 24.4 Å². The molecule has 7 nitrogen and oxygen atoms in total. The second-order valence-corrected chi connectivity index (χ2v) is 4.16. The predicted octanol–water partition coefficient (Wildman–Crippen LogP) is 2.31. The van der Waals surface area contributed by atoms with Crippen molar-refractivity contribution in [3.05, 3.63) is 64.0 Å². The van der Waals surface area contributed by atoms with Crippen LogP contribution in [0.2, 0.25) is 0 Å². The second kappa shape index (κ2) is 6.47. The molecule has 0 aliphatic carbocycles. The number of nitrogens with zero attached hydrogens (tertiary/aromatic N) is 2. The molecule has 0 radical (unpaired) electrons. The summed E-state index contributed by atoms with van der Waals surface area (Å²) in [6, 6.07) is 8.84. The van der Waals surface area contributed by atoms with E-state index in [1.54, 1.807) is 12.3 Å². The number of hydrogen-bond donors (Lipinski definition) is 1. The molecule has 0 fully saturated rings. The minimum Gasteiger partial charge on any atom is -0.492 e. The van der Waals surface area contributed by atoms with Crippen LogP contribution in [0, 0.1) is 10.1 Å². The molecule has 0 saturated heterocycles. The van der Waals surface area contributed by atoms with Crippen molar-refractivity contribution in [2.75, 3.05) is 6.61 Å². The van der Waals surface area contributed by atoms with Gasteiger partial charge < -0.3 is 9.84 Å². The Morgan fingerprint density at radius 3 is 2.76 bits per heavy atom. The van der Waals surface area contributed by atoms with Crippen molar-refractivity contribution in [1.29, 1.82) is 0 Å². The molecular formula is C14H12N2O5. The normalized spacial score (nSPS) is 10.1. The fraction of sp³-hybridized carbons (Fsp3) is 0.143. The van der Waals surface area contributed by atoms with Crippen LogP contribution in [0.1, 0.15) is 16.1 Å². The number of hydrogen-bond acceptors (Lipinski definition) is 5. The highest BCUT2D eigenvalue weighted by molar-refractivity contribution is 5.91. The number of ether oxygens (including phenoxy) is 1. The number of carboxylic acids is 1. The number of aromatic carboxylic acids is 1. The van der Waals surface area contributed by atoms with Gasteiger partial charge in [-0.15, -0.1) is 0 Å². The Morgan fingerprint density at radius 2 is 2.14 bits per heavy atom. The topological polar surface area (TPSA) is 103 Å². The molecule has 7 heteroatoms. The van der Waals surface area contributed by atoms with Gasteiger partial charge >= 0.3 is 5.97 Å². The summed E-state index contributed by atoms with van der Waals surface area (Å²) in [5.41, 5.74) is 0.467. The first-order chi connectivity index (χ1) is 10.1. The zero-order valence-corrected chi connectivity index (χ0v) is 10.9.